The molecule has 3 atom stereocenters. The summed E-state index contributed by atoms with van der Waals surface area (Å²) in [4.78, 5) is 0. The maximum Gasteiger partial charge on any atom is -0.00161 e. The van der Waals surface area contributed by atoms with Crippen molar-refractivity contribution in [2.24, 2.45) is 17.8 Å². The Bertz CT molecular complexity index is 438. The molecular formula is C20H30. The van der Waals surface area contributed by atoms with Crippen LogP contribution >= 0.6 is 0 Å². The Balaban J connectivity index is 1.89. The molecule has 0 heterocycles. The number of aryl methyl sites for hydroxylation is 1. The summed E-state index contributed by atoms with van der Waals surface area (Å²) in [6, 6.07) is 9.63. The zero-order valence-electron chi connectivity index (χ0n) is 13.5. The summed E-state index contributed by atoms with van der Waals surface area (Å²) in [5, 5.41) is 0. The predicted octanol–water partition coefficient (Wildman–Crippen LogP) is 5.74. The highest BCUT2D eigenvalue weighted by Crippen LogP contribution is 2.56. The Morgan fingerprint density at radius 1 is 1.05 bits per heavy atom. The number of benzene rings is 1. The van der Waals surface area contributed by atoms with Gasteiger partial charge in [0.05, 0.1) is 0 Å². The lowest BCUT2D eigenvalue weighted by Crippen LogP contribution is -2.46. The zero-order valence-corrected chi connectivity index (χ0v) is 13.5. The molecule has 2 fully saturated rings. The second kappa shape index (κ2) is 5.54. The first-order valence-electron chi connectivity index (χ1n) is 8.75. The van der Waals surface area contributed by atoms with E-state index in [2.05, 4.69) is 45.0 Å². The van der Waals surface area contributed by atoms with E-state index in [1.165, 1.54) is 44.1 Å². The number of rotatable bonds is 3. The lowest BCUT2D eigenvalue weighted by molar-refractivity contribution is 0.0509. The smallest absolute Gasteiger partial charge is 0.00161 e. The van der Waals surface area contributed by atoms with Crippen molar-refractivity contribution in [3.8, 4) is 0 Å². The highest BCUT2D eigenvalue weighted by atomic mass is 14.5. The second-order valence-electron chi connectivity index (χ2n) is 7.56. The summed E-state index contributed by atoms with van der Waals surface area (Å²) >= 11 is 0. The molecule has 110 valence electrons. The minimum absolute atomic E-state index is 0.528. The van der Waals surface area contributed by atoms with Gasteiger partial charge in [0.15, 0.2) is 0 Å². The topological polar surface area (TPSA) is 0 Å². The van der Waals surface area contributed by atoms with Crippen molar-refractivity contribution in [2.45, 2.75) is 71.1 Å². The van der Waals surface area contributed by atoms with Gasteiger partial charge in [-0.2, -0.15) is 0 Å². The van der Waals surface area contributed by atoms with Gasteiger partial charge >= 0.3 is 0 Å². The van der Waals surface area contributed by atoms with Gasteiger partial charge in [-0.05, 0) is 60.0 Å². The van der Waals surface area contributed by atoms with Crippen LogP contribution in [0.15, 0.2) is 24.3 Å². The molecular weight excluding hydrogens is 240 g/mol. The molecule has 3 rings (SSSR count). The third-order valence-electron chi connectivity index (χ3n) is 6.35. The Morgan fingerprint density at radius 2 is 1.75 bits per heavy atom. The Morgan fingerprint density at radius 3 is 2.30 bits per heavy atom. The summed E-state index contributed by atoms with van der Waals surface area (Å²) in [7, 11) is 0. The maximum absolute atomic E-state index is 2.51. The summed E-state index contributed by atoms with van der Waals surface area (Å²) in [5.74, 6) is 2.77. The quantitative estimate of drug-likeness (QED) is 0.656. The van der Waals surface area contributed by atoms with Gasteiger partial charge in [-0.25, -0.2) is 0 Å². The monoisotopic (exact) mass is 270 g/mol. The fourth-order valence-corrected chi connectivity index (χ4v) is 4.81. The van der Waals surface area contributed by atoms with Gasteiger partial charge in [-0.1, -0.05) is 64.3 Å². The Labute approximate surface area is 125 Å². The van der Waals surface area contributed by atoms with E-state index in [1.54, 1.807) is 5.56 Å². The Hall–Kier alpha value is -0.780. The standard InChI is InChI=1S/C20H30/c1-4-17-8-10-18(11-9-17)20(12-5-13-20)19-14-15(2)6-7-16(19)3/h8-11,15-16,19H,4-7,12-14H2,1-3H3. The highest BCUT2D eigenvalue weighted by Gasteiger charge is 2.48. The molecule has 0 radical (unpaired) electrons. The molecule has 0 amide bonds. The molecule has 0 nitrogen and oxygen atoms in total. The lowest BCUT2D eigenvalue weighted by atomic mass is 9.51. The van der Waals surface area contributed by atoms with Gasteiger partial charge < -0.3 is 0 Å². The van der Waals surface area contributed by atoms with Crippen molar-refractivity contribution in [3.05, 3.63) is 35.4 Å². The van der Waals surface area contributed by atoms with Crippen molar-refractivity contribution < 1.29 is 0 Å². The number of hydrogen-bond donors (Lipinski definition) is 0. The molecule has 0 saturated heterocycles. The maximum atomic E-state index is 2.51. The molecule has 3 unspecified atom stereocenters. The first kappa shape index (κ1) is 14.2. The highest BCUT2D eigenvalue weighted by molar-refractivity contribution is 5.32. The van der Waals surface area contributed by atoms with Crippen LogP contribution in [0.3, 0.4) is 0 Å². The van der Waals surface area contributed by atoms with Crippen LogP contribution in [0.25, 0.3) is 0 Å². The van der Waals surface area contributed by atoms with Gasteiger partial charge in [0.25, 0.3) is 0 Å². The Kier molecular flexibility index (Phi) is 3.93. The van der Waals surface area contributed by atoms with Crippen LogP contribution in [0.2, 0.25) is 0 Å². The molecule has 2 aliphatic rings. The predicted molar refractivity (Wildman–Crippen MR) is 87.0 cm³/mol. The molecule has 20 heavy (non-hydrogen) atoms. The van der Waals surface area contributed by atoms with Gasteiger partial charge in [0.2, 0.25) is 0 Å². The fraction of sp³-hybridized carbons (Fsp3) is 0.700. The molecule has 2 saturated carbocycles. The largest absolute Gasteiger partial charge is 0.0625 e. The average Bonchev–Trinajstić information content (AvgIpc) is 2.42. The molecule has 0 N–H and O–H groups in total. The van der Waals surface area contributed by atoms with E-state index in [0.717, 1.165) is 24.2 Å². The fourth-order valence-electron chi connectivity index (χ4n) is 4.81. The van der Waals surface area contributed by atoms with Crippen molar-refractivity contribution in [3.63, 3.8) is 0 Å². The normalized spacial score (nSPS) is 32.6. The molecule has 0 bridgehead atoms. The first-order chi connectivity index (χ1) is 9.65. The van der Waals surface area contributed by atoms with Gasteiger partial charge in [0.1, 0.15) is 0 Å². The van der Waals surface area contributed by atoms with Crippen LogP contribution < -0.4 is 0 Å². The van der Waals surface area contributed by atoms with E-state index in [1.807, 2.05) is 0 Å². The van der Waals surface area contributed by atoms with E-state index in [9.17, 15) is 0 Å². The van der Waals surface area contributed by atoms with E-state index in [0.29, 0.717) is 5.41 Å². The van der Waals surface area contributed by atoms with Gasteiger partial charge in [-0.3, -0.25) is 0 Å². The summed E-state index contributed by atoms with van der Waals surface area (Å²) in [6.45, 7) is 7.22. The van der Waals surface area contributed by atoms with Crippen LogP contribution in [0.4, 0.5) is 0 Å². The molecule has 1 aromatic carbocycles. The van der Waals surface area contributed by atoms with Crippen molar-refractivity contribution in [1.29, 1.82) is 0 Å². The first-order valence-corrected chi connectivity index (χ1v) is 8.75. The zero-order chi connectivity index (χ0) is 14.2. The van der Waals surface area contributed by atoms with E-state index in [4.69, 9.17) is 0 Å². The van der Waals surface area contributed by atoms with Crippen LogP contribution in [0.1, 0.15) is 70.4 Å². The third kappa shape index (κ3) is 2.32. The minimum atomic E-state index is 0.528. The van der Waals surface area contributed by atoms with Crippen molar-refractivity contribution >= 4 is 0 Å². The van der Waals surface area contributed by atoms with Crippen LogP contribution in [0, 0.1) is 17.8 Å². The number of hydrogen-bond acceptors (Lipinski definition) is 0. The van der Waals surface area contributed by atoms with E-state index in [-0.39, 0.29) is 0 Å². The SMILES string of the molecule is CCc1ccc(C2(C3CC(C)CCC3C)CCC2)cc1. The lowest BCUT2D eigenvalue weighted by Gasteiger charge is -2.53. The summed E-state index contributed by atoms with van der Waals surface area (Å²) < 4.78 is 0. The van der Waals surface area contributed by atoms with Crippen LogP contribution in [0.5, 0.6) is 0 Å². The molecule has 0 heteroatoms. The summed E-state index contributed by atoms with van der Waals surface area (Å²) in [5.41, 5.74) is 3.65. The second-order valence-corrected chi connectivity index (χ2v) is 7.56. The molecule has 0 aliphatic heterocycles. The molecule has 0 spiro atoms. The molecule has 0 aromatic heterocycles. The van der Waals surface area contributed by atoms with Crippen LogP contribution in [-0.2, 0) is 11.8 Å². The van der Waals surface area contributed by atoms with Crippen LogP contribution in [-0.4, -0.2) is 0 Å². The average molecular weight is 270 g/mol. The molecule has 1 aromatic rings. The minimum Gasteiger partial charge on any atom is -0.0625 e. The van der Waals surface area contributed by atoms with Gasteiger partial charge in [0, 0.05) is 0 Å². The molecule has 2 aliphatic carbocycles. The summed E-state index contributed by atoms with van der Waals surface area (Å²) in [6.07, 6.45) is 9.80. The van der Waals surface area contributed by atoms with E-state index < -0.39 is 0 Å². The third-order valence-corrected chi connectivity index (χ3v) is 6.35. The van der Waals surface area contributed by atoms with Crippen molar-refractivity contribution in [1.82, 2.24) is 0 Å². The van der Waals surface area contributed by atoms with Crippen molar-refractivity contribution in [2.75, 3.05) is 0 Å². The van der Waals surface area contributed by atoms with E-state index >= 15 is 0 Å². The van der Waals surface area contributed by atoms with Gasteiger partial charge in [-0.15, -0.1) is 0 Å².